The molecule has 18 heavy (non-hydrogen) atoms. The van der Waals surface area contributed by atoms with Gasteiger partial charge in [0, 0.05) is 15.4 Å². The average Bonchev–Trinajstić information content (AvgIpc) is 2.74. The summed E-state index contributed by atoms with van der Waals surface area (Å²) in [6, 6.07) is 2.91. The van der Waals surface area contributed by atoms with Crippen molar-refractivity contribution in [3.8, 4) is 0 Å². The van der Waals surface area contributed by atoms with Gasteiger partial charge in [0.05, 0.1) is 0 Å². The number of halogens is 1. The van der Waals surface area contributed by atoms with Crippen molar-refractivity contribution in [3.05, 3.63) is 20.8 Å². The van der Waals surface area contributed by atoms with Gasteiger partial charge in [0.15, 0.2) is 0 Å². The van der Waals surface area contributed by atoms with Crippen LogP contribution in [0.2, 0.25) is 0 Å². The predicted molar refractivity (Wildman–Crippen MR) is 84.3 cm³/mol. The first-order valence-corrected chi connectivity index (χ1v) is 8.83. The highest BCUT2D eigenvalue weighted by molar-refractivity contribution is 9.10. The smallest absolute Gasteiger partial charge is 0.0314 e. The molecule has 3 atom stereocenters. The van der Waals surface area contributed by atoms with Gasteiger partial charge in [0.1, 0.15) is 0 Å². The van der Waals surface area contributed by atoms with Gasteiger partial charge in [-0.05, 0) is 77.9 Å². The first kappa shape index (κ1) is 14.5. The summed E-state index contributed by atoms with van der Waals surface area (Å²) in [4.78, 5) is 1.53. The lowest BCUT2D eigenvalue weighted by molar-refractivity contribution is 0.213. The fraction of sp³-hybridized carbons (Fsp3) is 0.733. The van der Waals surface area contributed by atoms with Crippen LogP contribution < -0.4 is 5.32 Å². The second-order valence-electron chi connectivity index (χ2n) is 5.63. The zero-order valence-corrected chi connectivity index (χ0v) is 13.8. The Kier molecular flexibility index (Phi) is 5.71. The summed E-state index contributed by atoms with van der Waals surface area (Å²) >= 11 is 5.57. The van der Waals surface area contributed by atoms with E-state index in [0.29, 0.717) is 0 Å². The quantitative estimate of drug-likeness (QED) is 0.813. The molecule has 3 unspecified atom stereocenters. The number of rotatable bonds is 5. The molecule has 102 valence electrons. The zero-order chi connectivity index (χ0) is 13.0. The van der Waals surface area contributed by atoms with E-state index in [-0.39, 0.29) is 0 Å². The summed E-state index contributed by atoms with van der Waals surface area (Å²) in [5, 5.41) is 5.96. The Morgan fingerprint density at radius 2 is 2.28 bits per heavy atom. The molecule has 1 fully saturated rings. The molecule has 0 aromatic carbocycles. The minimum atomic E-state index is 0.732. The van der Waals surface area contributed by atoms with Crippen molar-refractivity contribution in [1.29, 1.82) is 0 Å². The van der Waals surface area contributed by atoms with Crippen molar-refractivity contribution in [2.45, 2.75) is 52.0 Å². The van der Waals surface area contributed by atoms with Crippen LogP contribution in [0.15, 0.2) is 15.9 Å². The molecule has 0 saturated heterocycles. The number of thiophene rings is 1. The maximum atomic E-state index is 3.76. The molecule has 2 rings (SSSR count). The molecule has 1 N–H and O–H groups in total. The fourth-order valence-electron chi connectivity index (χ4n) is 3.03. The largest absolute Gasteiger partial charge is 0.314 e. The van der Waals surface area contributed by atoms with Crippen molar-refractivity contribution in [3.63, 3.8) is 0 Å². The van der Waals surface area contributed by atoms with Gasteiger partial charge in [0.25, 0.3) is 0 Å². The van der Waals surface area contributed by atoms with Gasteiger partial charge in [-0.15, -0.1) is 11.3 Å². The second-order valence-corrected chi connectivity index (χ2v) is 7.49. The molecule has 0 bridgehead atoms. The van der Waals surface area contributed by atoms with E-state index in [1.807, 2.05) is 11.3 Å². The standard InChI is InChI=1S/C15H24BrNS/c1-3-7-17-14-5-4-11(2)9-12(14)10-15-13(16)6-8-18-15/h6,8,11-12,14,17H,3-5,7,9-10H2,1-2H3. The monoisotopic (exact) mass is 329 g/mol. The van der Waals surface area contributed by atoms with E-state index in [2.05, 4.69) is 46.5 Å². The van der Waals surface area contributed by atoms with Gasteiger partial charge in [-0.2, -0.15) is 0 Å². The Morgan fingerprint density at radius 3 is 2.94 bits per heavy atom. The van der Waals surface area contributed by atoms with Crippen LogP contribution in [0, 0.1) is 11.8 Å². The SMILES string of the molecule is CCCNC1CCC(C)CC1Cc1sccc1Br. The predicted octanol–water partition coefficient (Wildman–Crippen LogP) is 4.86. The van der Waals surface area contributed by atoms with Gasteiger partial charge >= 0.3 is 0 Å². The number of hydrogen-bond donors (Lipinski definition) is 1. The van der Waals surface area contributed by atoms with Crippen LogP contribution >= 0.6 is 27.3 Å². The molecule has 0 amide bonds. The molecule has 0 radical (unpaired) electrons. The van der Waals surface area contributed by atoms with Crippen LogP contribution in [-0.2, 0) is 6.42 Å². The van der Waals surface area contributed by atoms with Gasteiger partial charge in [-0.3, -0.25) is 0 Å². The van der Waals surface area contributed by atoms with Gasteiger partial charge in [-0.1, -0.05) is 13.8 Å². The third-order valence-electron chi connectivity index (χ3n) is 4.04. The summed E-state index contributed by atoms with van der Waals surface area (Å²) < 4.78 is 1.31. The van der Waals surface area contributed by atoms with Crippen molar-refractivity contribution in [2.24, 2.45) is 11.8 Å². The molecule has 3 heteroatoms. The molecule has 1 aliphatic carbocycles. The van der Waals surface area contributed by atoms with Crippen molar-refractivity contribution in [1.82, 2.24) is 5.32 Å². The molecular formula is C15H24BrNS. The summed E-state index contributed by atoms with van der Waals surface area (Å²) in [6.45, 7) is 5.83. The van der Waals surface area contributed by atoms with Gasteiger partial charge in [0.2, 0.25) is 0 Å². The minimum absolute atomic E-state index is 0.732. The summed E-state index contributed by atoms with van der Waals surface area (Å²) in [5.41, 5.74) is 0. The molecular weight excluding hydrogens is 306 g/mol. The number of nitrogens with one attached hydrogen (secondary N) is 1. The minimum Gasteiger partial charge on any atom is -0.314 e. The maximum absolute atomic E-state index is 3.76. The van der Waals surface area contributed by atoms with E-state index in [4.69, 9.17) is 0 Å². The highest BCUT2D eigenvalue weighted by Crippen LogP contribution is 2.34. The van der Waals surface area contributed by atoms with Crippen LogP contribution in [0.4, 0.5) is 0 Å². The Hall–Kier alpha value is 0.140. The molecule has 1 saturated carbocycles. The van der Waals surface area contributed by atoms with E-state index in [0.717, 1.165) is 17.9 Å². The normalized spacial score (nSPS) is 28.5. The van der Waals surface area contributed by atoms with Crippen LogP contribution in [0.3, 0.4) is 0 Å². The lowest BCUT2D eigenvalue weighted by atomic mass is 9.77. The second kappa shape index (κ2) is 7.06. The van der Waals surface area contributed by atoms with E-state index < -0.39 is 0 Å². The first-order chi connectivity index (χ1) is 8.70. The molecule has 1 nitrogen and oxygen atoms in total. The van der Waals surface area contributed by atoms with E-state index in [9.17, 15) is 0 Å². The Morgan fingerprint density at radius 1 is 1.44 bits per heavy atom. The van der Waals surface area contributed by atoms with Crippen LogP contribution in [0.25, 0.3) is 0 Å². The maximum Gasteiger partial charge on any atom is 0.0314 e. The Balaban J connectivity index is 1.98. The number of hydrogen-bond acceptors (Lipinski definition) is 2. The van der Waals surface area contributed by atoms with E-state index in [1.54, 1.807) is 0 Å². The molecule has 1 aliphatic rings. The van der Waals surface area contributed by atoms with Crippen LogP contribution in [0.1, 0.15) is 44.4 Å². The highest BCUT2D eigenvalue weighted by Gasteiger charge is 2.28. The molecule has 1 heterocycles. The summed E-state index contributed by atoms with van der Waals surface area (Å²) in [5.74, 6) is 1.71. The van der Waals surface area contributed by atoms with Crippen LogP contribution in [0.5, 0.6) is 0 Å². The van der Waals surface area contributed by atoms with Crippen LogP contribution in [-0.4, -0.2) is 12.6 Å². The molecule has 1 aromatic rings. The first-order valence-electron chi connectivity index (χ1n) is 7.16. The molecule has 0 aliphatic heterocycles. The molecule has 0 spiro atoms. The van der Waals surface area contributed by atoms with E-state index >= 15 is 0 Å². The van der Waals surface area contributed by atoms with Crippen molar-refractivity contribution >= 4 is 27.3 Å². The van der Waals surface area contributed by atoms with Gasteiger partial charge < -0.3 is 5.32 Å². The summed E-state index contributed by atoms with van der Waals surface area (Å²) in [7, 11) is 0. The Labute approximate surface area is 123 Å². The van der Waals surface area contributed by atoms with Crippen molar-refractivity contribution in [2.75, 3.05) is 6.54 Å². The Bertz CT molecular complexity index is 361. The lowest BCUT2D eigenvalue weighted by Crippen LogP contribution is -2.41. The lowest BCUT2D eigenvalue weighted by Gasteiger charge is -2.35. The molecule has 1 aromatic heterocycles. The fourth-order valence-corrected chi connectivity index (χ4v) is 4.64. The zero-order valence-electron chi connectivity index (χ0n) is 11.4. The van der Waals surface area contributed by atoms with E-state index in [1.165, 1.54) is 48.0 Å². The topological polar surface area (TPSA) is 12.0 Å². The van der Waals surface area contributed by atoms with Gasteiger partial charge in [-0.25, -0.2) is 0 Å². The summed E-state index contributed by atoms with van der Waals surface area (Å²) in [6.07, 6.45) is 6.61. The average molecular weight is 330 g/mol. The third kappa shape index (κ3) is 3.82. The van der Waals surface area contributed by atoms with Crippen molar-refractivity contribution < 1.29 is 0 Å². The third-order valence-corrected chi connectivity index (χ3v) is 5.99. The highest BCUT2D eigenvalue weighted by atomic mass is 79.9.